The highest BCUT2D eigenvalue weighted by Gasteiger charge is 2.16. The second kappa shape index (κ2) is 7.15. The quantitative estimate of drug-likeness (QED) is 0.797. The third kappa shape index (κ3) is 4.56. The summed E-state index contributed by atoms with van der Waals surface area (Å²) in [6.07, 6.45) is 0. The van der Waals surface area contributed by atoms with Gasteiger partial charge in [0.2, 0.25) is 10.0 Å². The minimum atomic E-state index is -3.22. The average Bonchev–Trinajstić information content (AvgIpc) is 2.53. The SMILES string of the molecule is CC(CNS(=O)(=O)C(C)C)c1ccc(-c2ccc(N)cc2)cc1. The topological polar surface area (TPSA) is 72.2 Å². The van der Waals surface area contributed by atoms with Crippen LogP contribution in [0, 0.1) is 0 Å². The summed E-state index contributed by atoms with van der Waals surface area (Å²) in [5.74, 6) is 0.115. The van der Waals surface area contributed by atoms with Crippen molar-refractivity contribution >= 4 is 15.7 Å². The van der Waals surface area contributed by atoms with Crippen molar-refractivity contribution in [3.63, 3.8) is 0 Å². The summed E-state index contributed by atoms with van der Waals surface area (Å²) in [5, 5.41) is -0.414. The lowest BCUT2D eigenvalue weighted by Crippen LogP contribution is -2.33. The molecule has 0 aliphatic carbocycles. The molecule has 124 valence electrons. The number of hydrogen-bond acceptors (Lipinski definition) is 3. The summed E-state index contributed by atoms with van der Waals surface area (Å²) in [6, 6.07) is 15.9. The van der Waals surface area contributed by atoms with Gasteiger partial charge < -0.3 is 5.73 Å². The summed E-state index contributed by atoms with van der Waals surface area (Å²) < 4.78 is 26.3. The number of nitrogen functional groups attached to an aromatic ring is 1. The molecule has 0 aliphatic rings. The smallest absolute Gasteiger partial charge is 0.213 e. The lowest BCUT2D eigenvalue weighted by molar-refractivity contribution is 0.566. The predicted octanol–water partition coefficient (Wildman–Crippen LogP) is 3.37. The van der Waals surface area contributed by atoms with E-state index in [2.05, 4.69) is 4.72 Å². The molecule has 5 heteroatoms. The van der Waals surface area contributed by atoms with Gasteiger partial charge in [-0.2, -0.15) is 0 Å². The Kier molecular flexibility index (Phi) is 5.44. The van der Waals surface area contributed by atoms with Gasteiger partial charge in [0.1, 0.15) is 0 Å². The third-order valence-electron chi connectivity index (χ3n) is 3.94. The number of hydrogen-bond donors (Lipinski definition) is 2. The average molecular weight is 332 g/mol. The van der Waals surface area contributed by atoms with Crippen molar-refractivity contribution in [1.29, 1.82) is 0 Å². The van der Waals surface area contributed by atoms with E-state index in [1.54, 1.807) is 13.8 Å². The Hall–Kier alpha value is -1.85. The highest BCUT2D eigenvalue weighted by atomic mass is 32.2. The number of nitrogens with two attached hydrogens (primary N) is 1. The molecule has 2 aromatic carbocycles. The van der Waals surface area contributed by atoms with E-state index >= 15 is 0 Å². The molecule has 0 radical (unpaired) electrons. The molecular formula is C18H24N2O2S. The second-order valence-corrected chi connectivity index (χ2v) is 8.41. The number of benzene rings is 2. The van der Waals surface area contributed by atoms with Gasteiger partial charge in [-0.3, -0.25) is 0 Å². The Balaban J connectivity index is 2.05. The lowest BCUT2D eigenvalue weighted by atomic mass is 9.97. The van der Waals surface area contributed by atoms with E-state index in [4.69, 9.17) is 5.73 Å². The zero-order chi connectivity index (χ0) is 17.0. The first-order valence-electron chi connectivity index (χ1n) is 7.74. The Morgan fingerprint density at radius 1 is 0.913 bits per heavy atom. The fourth-order valence-electron chi connectivity index (χ4n) is 2.21. The fraction of sp³-hybridized carbons (Fsp3) is 0.333. The van der Waals surface area contributed by atoms with E-state index in [0.717, 1.165) is 22.4 Å². The van der Waals surface area contributed by atoms with Gasteiger partial charge >= 0.3 is 0 Å². The Morgan fingerprint density at radius 2 is 1.39 bits per heavy atom. The minimum absolute atomic E-state index is 0.115. The molecule has 1 atom stereocenters. The Labute approximate surface area is 138 Å². The van der Waals surface area contributed by atoms with Crippen LogP contribution in [0.15, 0.2) is 48.5 Å². The standard InChI is InChI=1S/C18H24N2O2S/c1-13(2)23(21,22)20-12-14(3)15-4-6-16(7-5-15)17-8-10-18(19)11-9-17/h4-11,13-14,20H,12,19H2,1-3H3. The van der Waals surface area contributed by atoms with Gasteiger partial charge in [0.15, 0.2) is 0 Å². The van der Waals surface area contributed by atoms with Gasteiger partial charge in [0.05, 0.1) is 5.25 Å². The molecule has 0 fully saturated rings. The lowest BCUT2D eigenvalue weighted by Gasteiger charge is -2.15. The highest BCUT2D eigenvalue weighted by Crippen LogP contribution is 2.23. The van der Waals surface area contributed by atoms with Gasteiger partial charge in [-0.1, -0.05) is 43.3 Å². The second-order valence-electron chi connectivity index (χ2n) is 6.09. The van der Waals surface area contributed by atoms with Crippen LogP contribution in [0.25, 0.3) is 11.1 Å². The summed E-state index contributed by atoms with van der Waals surface area (Å²) in [7, 11) is -3.22. The van der Waals surface area contributed by atoms with Crippen molar-refractivity contribution < 1.29 is 8.42 Å². The van der Waals surface area contributed by atoms with Crippen LogP contribution in [0.2, 0.25) is 0 Å². The fourth-order valence-corrected chi connectivity index (χ4v) is 3.02. The van der Waals surface area contributed by atoms with Crippen LogP contribution in [-0.4, -0.2) is 20.2 Å². The summed E-state index contributed by atoms with van der Waals surface area (Å²) >= 11 is 0. The number of nitrogens with one attached hydrogen (secondary N) is 1. The molecule has 2 aromatic rings. The molecule has 3 N–H and O–H groups in total. The number of rotatable bonds is 6. The van der Waals surface area contributed by atoms with Crippen molar-refractivity contribution in [1.82, 2.24) is 4.72 Å². The highest BCUT2D eigenvalue weighted by molar-refractivity contribution is 7.90. The molecular weight excluding hydrogens is 308 g/mol. The maximum atomic E-state index is 11.8. The van der Waals surface area contributed by atoms with Crippen molar-refractivity contribution in [2.45, 2.75) is 31.9 Å². The van der Waals surface area contributed by atoms with Crippen LogP contribution < -0.4 is 10.5 Å². The van der Waals surface area contributed by atoms with E-state index in [0.29, 0.717) is 6.54 Å². The summed E-state index contributed by atoms with van der Waals surface area (Å²) in [6.45, 7) is 5.77. The first-order valence-corrected chi connectivity index (χ1v) is 9.28. The molecule has 0 bridgehead atoms. The van der Waals surface area contributed by atoms with E-state index in [-0.39, 0.29) is 5.92 Å². The maximum Gasteiger partial charge on any atom is 0.213 e. The first kappa shape index (κ1) is 17.5. The van der Waals surface area contributed by atoms with Crippen LogP contribution in [0.3, 0.4) is 0 Å². The number of anilines is 1. The summed E-state index contributed by atoms with van der Waals surface area (Å²) in [4.78, 5) is 0. The van der Waals surface area contributed by atoms with Gasteiger partial charge in [-0.25, -0.2) is 13.1 Å². The molecule has 0 saturated heterocycles. The van der Waals surface area contributed by atoms with Gasteiger partial charge in [-0.05, 0) is 48.6 Å². The molecule has 2 rings (SSSR count). The van der Waals surface area contributed by atoms with Gasteiger partial charge in [0, 0.05) is 12.2 Å². The molecule has 1 unspecified atom stereocenters. The van der Waals surface area contributed by atoms with Crippen LogP contribution in [0.4, 0.5) is 5.69 Å². The molecule has 0 aromatic heterocycles. The minimum Gasteiger partial charge on any atom is -0.399 e. The van der Waals surface area contributed by atoms with E-state index in [9.17, 15) is 8.42 Å². The zero-order valence-corrected chi connectivity index (χ0v) is 14.6. The molecule has 0 amide bonds. The van der Waals surface area contributed by atoms with E-state index in [1.807, 2.05) is 55.5 Å². The van der Waals surface area contributed by atoms with Crippen LogP contribution in [0.1, 0.15) is 32.3 Å². The van der Waals surface area contributed by atoms with Crippen molar-refractivity contribution in [3.8, 4) is 11.1 Å². The van der Waals surface area contributed by atoms with Crippen molar-refractivity contribution in [2.24, 2.45) is 0 Å². The van der Waals surface area contributed by atoms with Gasteiger partial charge in [-0.15, -0.1) is 0 Å². The molecule has 0 saturated carbocycles. The van der Waals surface area contributed by atoms with Crippen molar-refractivity contribution in [2.75, 3.05) is 12.3 Å². The van der Waals surface area contributed by atoms with Crippen LogP contribution >= 0.6 is 0 Å². The molecule has 0 aliphatic heterocycles. The van der Waals surface area contributed by atoms with Crippen LogP contribution in [0.5, 0.6) is 0 Å². The predicted molar refractivity (Wildman–Crippen MR) is 96.8 cm³/mol. The first-order chi connectivity index (χ1) is 10.8. The van der Waals surface area contributed by atoms with E-state index in [1.165, 1.54) is 0 Å². The molecule has 4 nitrogen and oxygen atoms in total. The summed E-state index contributed by atoms with van der Waals surface area (Å²) in [5.41, 5.74) is 9.78. The molecule has 0 spiro atoms. The zero-order valence-electron chi connectivity index (χ0n) is 13.8. The normalized spacial score (nSPS) is 13.2. The Morgan fingerprint density at radius 3 is 1.87 bits per heavy atom. The van der Waals surface area contributed by atoms with Crippen molar-refractivity contribution in [3.05, 3.63) is 54.1 Å². The molecule has 23 heavy (non-hydrogen) atoms. The third-order valence-corrected chi connectivity index (χ3v) is 5.75. The van der Waals surface area contributed by atoms with Crippen LogP contribution in [-0.2, 0) is 10.0 Å². The number of sulfonamides is 1. The largest absolute Gasteiger partial charge is 0.399 e. The Bertz CT molecular complexity index is 736. The maximum absolute atomic E-state index is 11.8. The molecule has 0 heterocycles. The van der Waals surface area contributed by atoms with E-state index < -0.39 is 15.3 Å². The monoisotopic (exact) mass is 332 g/mol. The van der Waals surface area contributed by atoms with Gasteiger partial charge in [0.25, 0.3) is 0 Å².